The van der Waals surface area contributed by atoms with Crippen molar-refractivity contribution in [3.05, 3.63) is 36.0 Å². The van der Waals surface area contributed by atoms with E-state index < -0.39 is 0 Å². The van der Waals surface area contributed by atoms with Crippen LogP contribution < -0.4 is 10.6 Å². The molecule has 2 amide bonds. The Bertz CT molecular complexity index is 617. The Hall–Kier alpha value is -2.30. The summed E-state index contributed by atoms with van der Waals surface area (Å²) in [4.78, 5) is 26.1. The zero-order chi connectivity index (χ0) is 12.5. The predicted octanol–water partition coefficient (Wildman–Crippen LogP) is 0.786. The summed E-state index contributed by atoms with van der Waals surface area (Å²) in [6.07, 6.45) is 2.20. The van der Waals surface area contributed by atoms with E-state index in [9.17, 15) is 9.59 Å². The average molecular weight is 243 g/mol. The quantitative estimate of drug-likeness (QED) is 0.729. The normalized spacial score (nSPS) is 18.9. The van der Waals surface area contributed by atoms with Gasteiger partial charge in [0.05, 0.1) is 6.04 Å². The molecule has 1 atom stereocenters. The minimum atomic E-state index is -0.139. The van der Waals surface area contributed by atoms with E-state index in [1.807, 2.05) is 24.4 Å². The average Bonchev–Trinajstić information content (AvgIpc) is 2.96. The van der Waals surface area contributed by atoms with Crippen molar-refractivity contribution in [3.8, 4) is 0 Å². The zero-order valence-electron chi connectivity index (χ0n) is 9.69. The van der Waals surface area contributed by atoms with Gasteiger partial charge in [-0.05, 0) is 24.3 Å². The number of rotatable bonds is 2. The molecule has 3 rings (SSSR count). The lowest BCUT2D eigenvalue weighted by Gasteiger charge is -2.10. The third-order valence-corrected chi connectivity index (χ3v) is 3.13. The van der Waals surface area contributed by atoms with Crippen LogP contribution in [0, 0.1) is 0 Å². The van der Waals surface area contributed by atoms with Crippen molar-refractivity contribution >= 4 is 22.7 Å². The second kappa shape index (κ2) is 4.18. The van der Waals surface area contributed by atoms with Gasteiger partial charge in [-0.2, -0.15) is 0 Å². The first-order valence-electron chi connectivity index (χ1n) is 5.87. The van der Waals surface area contributed by atoms with E-state index >= 15 is 0 Å². The fourth-order valence-electron chi connectivity index (χ4n) is 2.17. The number of aromatic amines is 1. The number of hydrogen-bond acceptors (Lipinski definition) is 2. The topological polar surface area (TPSA) is 74.0 Å². The van der Waals surface area contributed by atoms with Gasteiger partial charge in [0.2, 0.25) is 5.91 Å². The molecule has 0 bridgehead atoms. The Morgan fingerprint density at radius 3 is 3.00 bits per heavy atom. The molecule has 3 N–H and O–H groups in total. The standard InChI is InChI=1S/C13H13N3O2/c17-12-6-10(7-15-12)16-13(18)9-1-2-11-8(5-9)3-4-14-11/h1-5,10,14H,6-7H2,(H,15,17)(H,16,18). The smallest absolute Gasteiger partial charge is 0.251 e. The van der Waals surface area contributed by atoms with Gasteiger partial charge in [-0.3, -0.25) is 9.59 Å². The van der Waals surface area contributed by atoms with E-state index in [2.05, 4.69) is 15.6 Å². The summed E-state index contributed by atoms with van der Waals surface area (Å²) in [5.41, 5.74) is 1.62. The van der Waals surface area contributed by atoms with E-state index in [0.29, 0.717) is 18.5 Å². The monoisotopic (exact) mass is 243 g/mol. The number of hydrogen-bond donors (Lipinski definition) is 3. The van der Waals surface area contributed by atoms with E-state index in [-0.39, 0.29) is 17.9 Å². The summed E-state index contributed by atoms with van der Waals surface area (Å²) >= 11 is 0. The molecule has 0 radical (unpaired) electrons. The van der Waals surface area contributed by atoms with Crippen LogP contribution >= 0.6 is 0 Å². The second-order valence-corrected chi connectivity index (χ2v) is 4.46. The van der Waals surface area contributed by atoms with Crippen LogP contribution in [0.1, 0.15) is 16.8 Å². The minimum Gasteiger partial charge on any atom is -0.361 e. The molecule has 0 saturated carbocycles. The van der Waals surface area contributed by atoms with Crippen molar-refractivity contribution in [2.45, 2.75) is 12.5 Å². The summed E-state index contributed by atoms with van der Waals surface area (Å²) in [5.74, 6) is -0.152. The van der Waals surface area contributed by atoms with Gasteiger partial charge in [0.1, 0.15) is 0 Å². The van der Waals surface area contributed by atoms with Crippen molar-refractivity contribution in [3.63, 3.8) is 0 Å². The van der Waals surface area contributed by atoms with Gasteiger partial charge in [0, 0.05) is 35.6 Å². The van der Waals surface area contributed by atoms with Crippen LogP contribution in [-0.2, 0) is 4.79 Å². The van der Waals surface area contributed by atoms with Gasteiger partial charge in [-0.25, -0.2) is 0 Å². The third-order valence-electron chi connectivity index (χ3n) is 3.13. The fraction of sp³-hybridized carbons (Fsp3) is 0.231. The number of fused-ring (bicyclic) bond motifs is 1. The molecule has 1 fully saturated rings. The number of nitrogens with one attached hydrogen (secondary N) is 3. The van der Waals surface area contributed by atoms with Gasteiger partial charge < -0.3 is 15.6 Å². The molecule has 5 heteroatoms. The summed E-state index contributed by atoms with van der Waals surface area (Å²) < 4.78 is 0. The Morgan fingerprint density at radius 1 is 1.33 bits per heavy atom. The number of carbonyl (C=O) groups is 2. The van der Waals surface area contributed by atoms with Crippen molar-refractivity contribution < 1.29 is 9.59 Å². The van der Waals surface area contributed by atoms with Gasteiger partial charge in [-0.1, -0.05) is 0 Å². The number of benzene rings is 1. The molecule has 1 aromatic heterocycles. The van der Waals surface area contributed by atoms with E-state index in [0.717, 1.165) is 10.9 Å². The molecular weight excluding hydrogens is 230 g/mol. The lowest BCUT2D eigenvalue weighted by molar-refractivity contribution is -0.119. The molecular formula is C13H13N3O2. The third kappa shape index (κ3) is 1.95. The lowest BCUT2D eigenvalue weighted by atomic mass is 10.1. The van der Waals surface area contributed by atoms with Crippen LogP contribution in [0.2, 0.25) is 0 Å². The maximum absolute atomic E-state index is 12.0. The maximum Gasteiger partial charge on any atom is 0.251 e. The molecule has 1 unspecified atom stereocenters. The SMILES string of the molecule is O=C1CC(NC(=O)c2ccc3[nH]ccc3c2)CN1. The molecule has 1 aliphatic rings. The van der Waals surface area contributed by atoms with E-state index in [1.165, 1.54) is 0 Å². The molecule has 2 heterocycles. The van der Waals surface area contributed by atoms with Crippen LogP contribution in [0.3, 0.4) is 0 Å². The highest BCUT2D eigenvalue weighted by Gasteiger charge is 2.23. The van der Waals surface area contributed by atoms with Gasteiger partial charge in [0.25, 0.3) is 5.91 Å². The van der Waals surface area contributed by atoms with E-state index in [4.69, 9.17) is 0 Å². The number of amides is 2. The first kappa shape index (κ1) is 10.8. The van der Waals surface area contributed by atoms with Crippen LogP contribution in [0.5, 0.6) is 0 Å². The van der Waals surface area contributed by atoms with Gasteiger partial charge in [0.15, 0.2) is 0 Å². The molecule has 1 saturated heterocycles. The highest BCUT2D eigenvalue weighted by Crippen LogP contribution is 2.14. The second-order valence-electron chi connectivity index (χ2n) is 4.46. The molecule has 0 spiro atoms. The molecule has 5 nitrogen and oxygen atoms in total. The first-order valence-corrected chi connectivity index (χ1v) is 5.87. The van der Waals surface area contributed by atoms with Gasteiger partial charge in [-0.15, -0.1) is 0 Å². The predicted molar refractivity (Wildman–Crippen MR) is 67.2 cm³/mol. The molecule has 1 aromatic carbocycles. The number of aromatic nitrogens is 1. The lowest BCUT2D eigenvalue weighted by Crippen LogP contribution is -2.36. The zero-order valence-corrected chi connectivity index (χ0v) is 9.69. The minimum absolute atomic E-state index is 0.0126. The summed E-state index contributed by atoms with van der Waals surface area (Å²) in [6.45, 7) is 0.511. The van der Waals surface area contributed by atoms with Gasteiger partial charge >= 0.3 is 0 Å². The first-order chi connectivity index (χ1) is 8.72. The Labute approximate surface area is 104 Å². The van der Waals surface area contributed by atoms with Crippen LogP contribution in [0.4, 0.5) is 0 Å². The van der Waals surface area contributed by atoms with Crippen molar-refractivity contribution in [1.82, 2.24) is 15.6 Å². The highest BCUT2D eigenvalue weighted by atomic mass is 16.2. The fourth-order valence-corrected chi connectivity index (χ4v) is 2.17. The van der Waals surface area contributed by atoms with Crippen molar-refractivity contribution in [2.75, 3.05) is 6.54 Å². The molecule has 2 aromatic rings. The van der Waals surface area contributed by atoms with E-state index in [1.54, 1.807) is 6.07 Å². The van der Waals surface area contributed by atoms with Crippen LogP contribution in [-0.4, -0.2) is 29.4 Å². The molecule has 18 heavy (non-hydrogen) atoms. The Kier molecular flexibility index (Phi) is 2.51. The number of H-pyrrole nitrogens is 1. The Balaban J connectivity index is 1.77. The van der Waals surface area contributed by atoms with Crippen LogP contribution in [0.15, 0.2) is 30.5 Å². The largest absolute Gasteiger partial charge is 0.361 e. The highest BCUT2D eigenvalue weighted by molar-refractivity contribution is 5.98. The van der Waals surface area contributed by atoms with Crippen LogP contribution in [0.25, 0.3) is 10.9 Å². The van der Waals surface area contributed by atoms with Crippen molar-refractivity contribution in [2.24, 2.45) is 0 Å². The summed E-state index contributed by atoms with van der Waals surface area (Å²) in [5, 5.41) is 6.55. The summed E-state index contributed by atoms with van der Waals surface area (Å²) in [6, 6.07) is 7.31. The summed E-state index contributed by atoms with van der Waals surface area (Å²) in [7, 11) is 0. The number of carbonyl (C=O) groups excluding carboxylic acids is 2. The Morgan fingerprint density at radius 2 is 2.22 bits per heavy atom. The molecule has 0 aliphatic carbocycles. The molecule has 1 aliphatic heterocycles. The van der Waals surface area contributed by atoms with Crippen molar-refractivity contribution in [1.29, 1.82) is 0 Å². The maximum atomic E-state index is 12.0. The molecule has 92 valence electrons.